The third-order valence-corrected chi connectivity index (χ3v) is 8.72. The van der Waals surface area contributed by atoms with E-state index in [9.17, 15) is 18.0 Å². The van der Waals surface area contributed by atoms with Gasteiger partial charge in [0.25, 0.3) is 10.0 Å². The smallest absolute Gasteiger partial charge is 0.264 e. The van der Waals surface area contributed by atoms with Crippen molar-refractivity contribution >= 4 is 50.5 Å². The summed E-state index contributed by atoms with van der Waals surface area (Å²) in [5.74, 6) is -1.72. The molecule has 33 heavy (non-hydrogen) atoms. The molecule has 3 aromatic rings. The summed E-state index contributed by atoms with van der Waals surface area (Å²) in [4.78, 5) is 26.2. The van der Waals surface area contributed by atoms with Crippen molar-refractivity contribution in [3.63, 3.8) is 0 Å². The number of carbonyl (C=O) groups is 2. The Balaban J connectivity index is 1.55. The van der Waals surface area contributed by atoms with E-state index in [1.165, 1.54) is 4.31 Å². The lowest BCUT2D eigenvalue weighted by atomic mass is 9.65. The van der Waals surface area contributed by atoms with E-state index >= 15 is 0 Å². The molecule has 0 aromatic heterocycles. The van der Waals surface area contributed by atoms with Crippen LogP contribution in [0.4, 0.5) is 5.69 Å². The zero-order valence-corrected chi connectivity index (χ0v) is 19.9. The molecular formula is C25H19Cl2NO4S. The molecule has 8 heteroatoms. The number of Topliss-reactive ketones (excluding diaryl/α,β-unsaturated/α-hetero) is 2. The molecular weight excluding hydrogens is 481 g/mol. The molecule has 5 rings (SSSR count). The highest BCUT2D eigenvalue weighted by atomic mass is 35.5. The summed E-state index contributed by atoms with van der Waals surface area (Å²) < 4.78 is 28.8. The van der Waals surface area contributed by atoms with Crippen LogP contribution in [-0.2, 0) is 14.8 Å². The van der Waals surface area contributed by atoms with Gasteiger partial charge in [0, 0.05) is 27.9 Å². The Labute approximate surface area is 202 Å². The first-order valence-corrected chi connectivity index (χ1v) is 12.6. The normalized spacial score (nSPS) is 21.4. The average Bonchev–Trinajstić information content (AvgIpc) is 3.09. The second kappa shape index (κ2) is 7.97. The number of hydrogen-bond acceptors (Lipinski definition) is 4. The van der Waals surface area contributed by atoms with Gasteiger partial charge in [-0.2, -0.15) is 0 Å². The van der Waals surface area contributed by atoms with E-state index in [1.807, 2.05) is 6.92 Å². The van der Waals surface area contributed by atoms with Crippen LogP contribution in [0, 0.1) is 12.8 Å². The van der Waals surface area contributed by atoms with Crippen LogP contribution in [0.15, 0.2) is 71.6 Å². The Hall–Kier alpha value is -2.67. The fourth-order valence-electron chi connectivity index (χ4n) is 4.74. The molecule has 0 saturated heterocycles. The number of halogens is 2. The van der Waals surface area contributed by atoms with Gasteiger partial charge in [0.2, 0.25) is 0 Å². The molecule has 1 fully saturated rings. The van der Waals surface area contributed by atoms with E-state index in [-0.39, 0.29) is 22.9 Å². The number of nitrogens with zero attached hydrogens (tertiary/aromatic N) is 1. The average molecular weight is 500 g/mol. The van der Waals surface area contributed by atoms with E-state index in [0.717, 1.165) is 5.56 Å². The van der Waals surface area contributed by atoms with Gasteiger partial charge in [-0.25, -0.2) is 8.42 Å². The van der Waals surface area contributed by atoms with Crippen molar-refractivity contribution < 1.29 is 18.0 Å². The lowest BCUT2D eigenvalue weighted by Crippen LogP contribution is -2.57. The van der Waals surface area contributed by atoms with E-state index in [0.29, 0.717) is 26.9 Å². The van der Waals surface area contributed by atoms with Crippen LogP contribution in [0.2, 0.25) is 10.0 Å². The van der Waals surface area contributed by atoms with Crippen LogP contribution in [0.25, 0.3) is 0 Å². The Morgan fingerprint density at radius 2 is 1.58 bits per heavy atom. The van der Waals surface area contributed by atoms with Gasteiger partial charge in [-0.15, -0.1) is 0 Å². The fourth-order valence-corrected chi connectivity index (χ4v) is 6.74. The van der Waals surface area contributed by atoms with E-state index < -0.39 is 27.9 Å². The van der Waals surface area contributed by atoms with Gasteiger partial charge >= 0.3 is 0 Å². The Morgan fingerprint density at radius 3 is 2.24 bits per heavy atom. The predicted molar refractivity (Wildman–Crippen MR) is 128 cm³/mol. The second-order valence-electron chi connectivity index (χ2n) is 8.43. The number of sulfonamides is 1. The summed E-state index contributed by atoms with van der Waals surface area (Å²) in [6.45, 7) is 1.88. The minimum absolute atomic E-state index is 0.0801. The minimum atomic E-state index is -3.99. The van der Waals surface area contributed by atoms with Crippen molar-refractivity contribution in [2.45, 2.75) is 30.2 Å². The molecule has 2 aliphatic rings. The third kappa shape index (κ3) is 3.57. The van der Waals surface area contributed by atoms with Crippen LogP contribution in [-0.4, -0.2) is 26.0 Å². The molecule has 1 heterocycles. The SMILES string of the molecule is Cc1ccc(S(=O)(=O)N2c3cc(Cl)ccc3[C@H]3C(=O)[C@H](CC(=O)c4ccc(Cl)cc4)[C@H]32)cc1. The van der Waals surface area contributed by atoms with Crippen LogP contribution in [0.5, 0.6) is 0 Å². The number of aryl methyl sites for hydroxylation is 1. The Kier molecular flexibility index (Phi) is 5.35. The Bertz CT molecular complexity index is 1380. The Morgan fingerprint density at radius 1 is 0.939 bits per heavy atom. The number of ketones is 2. The lowest BCUT2D eigenvalue weighted by Gasteiger charge is -2.42. The molecule has 0 N–H and O–H groups in total. The zero-order valence-electron chi connectivity index (χ0n) is 17.5. The lowest BCUT2D eigenvalue weighted by molar-refractivity contribution is -0.132. The molecule has 3 aromatic carbocycles. The standard InChI is InChI=1S/C25H19Cl2NO4S/c1-14-2-9-18(10-3-14)33(31,32)28-21-12-17(27)8-11-19(21)23-24(28)20(25(23)30)13-22(29)15-4-6-16(26)7-5-15/h2-12,20,23-24H,13H2,1H3/t20-,23-,24-/m1/s1. The maximum atomic E-state index is 13.7. The summed E-state index contributed by atoms with van der Waals surface area (Å²) in [6, 6.07) is 17.3. The van der Waals surface area contributed by atoms with Gasteiger partial charge in [-0.3, -0.25) is 13.9 Å². The highest BCUT2D eigenvalue weighted by Crippen LogP contribution is 2.55. The first-order chi connectivity index (χ1) is 15.7. The van der Waals surface area contributed by atoms with Gasteiger partial charge in [-0.1, -0.05) is 47.0 Å². The summed E-state index contributed by atoms with van der Waals surface area (Å²) in [7, 11) is -3.99. The number of anilines is 1. The van der Waals surface area contributed by atoms with Crippen LogP contribution in [0.1, 0.15) is 33.8 Å². The molecule has 0 bridgehead atoms. The molecule has 0 radical (unpaired) electrons. The van der Waals surface area contributed by atoms with Crippen molar-refractivity contribution in [3.05, 3.63) is 93.5 Å². The van der Waals surface area contributed by atoms with E-state index in [1.54, 1.807) is 66.7 Å². The monoisotopic (exact) mass is 499 g/mol. The fraction of sp³-hybridized carbons (Fsp3) is 0.200. The molecule has 1 saturated carbocycles. The van der Waals surface area contributed by atoms with Gasteiger partial charge in [0.05, 0.1) is 22.5 Å². The number of fused-ring (bicyclic) bond motifs is 3. The first kappa shape index (κ1) is 22.1. The first-order valence-electron chi connectivity index (χ1n) is 10.4. The van der Waals surface area contributed by atoms with Crippen molar-refractivity contribution in [3.8, 4) is 0 Å². The second-order valence-corrected chi connectivity index (χ2v) is 11.1. The van der Waals surface area contributed by atoms with Crippen molar-refractivity contribution in [2.24, 2.45) is 5.92 Å². The third-order valence-electron chi connectivity index (χ3n) is 6.41. The topological polar surface area (TPSA) is 71.5 Å². The highest BCUT2D eigenvalue weighted by Gasteiger charge is 2.61. The summed E-state index contributed by atoms with van der Waals surface area (Å²) in [5, 5.41) is 0.880. The van der Waals surface area contributed by atoms with Crippen molar-refractivity contribution in [1.29, 1.82) is 0 Å². The molecule has 3 atom stereocenters. The minimum Gasteiger partial charge on any atom is -0.299 e. The van der Waals surface area contributed by atoms with Gasteiger partial charge in [0.15, 0.2) is 5.78 Å². The molecule has 5 nitrogen and oxygen atoms in total. The van der Waals surface area contributed by atoms with E-state index in [4.69, 9.17) is 23.2 Å². The maximum Gasteiger partial charge on any atom is 0.264 e. The maximum absolute atomic E-state index is 13.7. The van der Waals surface area contributed by atoms with Crippen molar-refractivity contribution in [1.82, 2.24) is 0 Å². The van der Waals surface area contributed by atoms with Crippen LogP contribution in [0.3, 0.4) is 0 Å². The molecule has 168 valence electrons. The van der Waals surface area contributed by atoms with Crippen LogP contribution >= 0.6 is 23.2 Å². The van der Waals surface area contributed by atoms with Crippen molar-refractivity contribution in [2.75, 3.05) is 4.31 Å². The predicted octanol–water partition coefficient (Wildman–Crippen LogP) is 5.43. The molecule has 0 unspecified atom stereocenters. The van der Waals surface area contributed by atoms with E-state index in [2.05, 4.69) is 0 Å². The van der Waals surface area contributed by atoms with Gasteiger partial charge in [-0.05, 0) is 61.0 Å². The summed E-state index contributed by atoms with van der Waals surface area (Å²) >= 11 is 12.1. The quantitative estimate of drug-likeness (QED) is 0.438. The zero-order chi connectivity index (χ0) is 23.5. The molecule has 1 aliphatic heterocycles. The number of carbonyl (C=O) groups excluding carboxylic acids is 2. The number of rotatable bonds is 5. The summed E-state index contributed by atoms with van der Waals surface area (Å²) in [5.41, 5.74) is 2.39. The largest absolute Gasteiger partial charge is 0.299 e. The summed E-state index contributed by atoms with van der Waals surface area (Å²) in [6.07, 6.45) is -0.0801. The van der Waals surface area contributed by atoms with Gasteiger partial charge < -0.3 is 0 Å². The van der Waals surface area contributed by atoms with Gasteiger partial charge in [0.1, 0.15) is 5.78 Å². The number of benzene rings is 3. The molecule has 1 aliphatic carbocycles. The molecule has 0 spiro atoms. The number of hydrogen-bond donors (Lipinski definition) is 0. The highest BCUT2D eigenvalue weighted by molar-refractivity contribution is 7.93. The molecule has 0 amide bonds. The van der Waals surface area contributed by atoms with Crippen LogP contribution < -0.4 is 4.31 Å².